The fourth-order valence-corrected chi connectivity index (χ4v) is 2.82. The zero-order valence-corrected chi connectivity index (χ0v) is 17.3. The lowest BCUT2D eigenvalue weighted by molar-refractivity contribution is -0.146. The van der Waals surface area contributed by atoms with Crippen molar-refractivity contribution in [2.75, 3.05) is 25.1 Å². The first-order valence-corrected chi connectivity index (χ1v) is 9.47. The molecule has 0 aliphatic heterocycles. The monoisotopic (exact) mass is 468 g/mol. The highest BCUT2D eigenvalue weighted by Gasteiger charge is 2.12. The summed E-state index contributed by atoms with van der Waals surface area (Å²) in [7, 11) is 0. The van der Waals surface area contributed by atoms with E-state index in [1.165, 1.54) is 0 Å². The molecule has 7 nitrogen and oxygen atoms in total. The smallest absolute Gasteiger partial charge is 0.325 e. The van der Waals surface area contributed by atoms with E-state index < -0.39 is 24.4 Å². The molecule has 2 rings (SSSR count). The zero-order valence-electron chi connectivity index (χ0n) is 15.0. The predicted molar refractivity (Wildman–Crippen MR) is 109 cm³/mol. The van der Waals surface area contributed by atoms with Gasteiger partial charge in [-0.05, 0) is 49.4 Å². The number of nitrogens with one attached hydrogen (secondary N) is 2. The minimum atomic E-state index is -0.740. The van der Waals surface area contributed by atoms with Crippen LogP contribution in [0.1, 0.15) is 17.3 Å². The molecule has 2 N–H and O–H groups in total. The molecule has 2 amide bonds. The molecule has 0 unspecified atom stereocenters. The van der Waals surface area contributed by atoms with E-state index in [9.17, 15) is 14.4 Å². The Labute approximate surface area is 175 Å². The summed E-state index contributed by atoms with van der Waals surface area (Å²) in [6.07, 6.45) is 0. The first-order valence-electron chi connectivity index (χ1n) is 8.30. The van der Waals surface area contributed by atoms with E-state index in [1.54, 1.807) is 42.5 Å². The number of carbonyl (C=O) groups is 3. The molecule has 0 aliphatic rings. The largest absolute Gasteiger partial charge is 0.494 e. The van der Waals surface area contributed by atoms with Crippen LogP contribution in [0.5, 0.6) is 5.75 Å². The first-order chi connectivity index (χ1) is 13.4. The van der Waals surface area contributed by atoms with Crippen LogP contribution < -0.4 is 15.4 Å². The van der Waals surface area contributed by atoms with E-state index in [4.69, 9.17) is 21.1 Å². The summed E-state index contributed by atoms with van der Waals surface area (Å²) in [5, 5.41) is 5.30. The van der Waals surface area contributed by atoms with Gasteiger partial charge in [-0.3, -0.25) is 14.4 Å². The van der Waals surface area contributed by atoms with Crippen molar-refractivity contribution in [3.63, 3.8) is 0 Å². The number of esters is 1. The van der Waals surface area contributed by atoms with Crippen LogP contribution in [-0.4, -0.2) is 37.5 Å². The van der Waals surface area contributed by atoms with Crippen molar-refractivity contribution in [1.29, 1.82) is 0 Å². The van der Waals surface area contributed by atoms with Crippen LogP contribution in [0.25, 0.3) is 0 Å². The Bertz CT molecular complexity index is 858. The Morgan fingerprint density at radius 3 is 2.46 bits per heavy atom. The predicted octanol–water partition coefficient (Wildman–Crippen LogP) is 3.41. The topological polar surface area (TPSA) is 93.7 Å². The van der Waals surface area contributed by atoms with Crippen LogP contribution in [0.4, 0.5) is 5.69 Å². The molecule has 2 aromatic carbocycles. The molecule has 0 aliphatic carbocycles. The number of ether oxygens (including phenoxy) is 2. The quantitative estimate of drug-likeness (QED) is 0.578. The summed E-state index contributed by atoms with van der Waals surface area (Å²) >= 11 is 9.26. The number of hydrogen-bond donors (Lipinski definition) is 2. The van der Waals surface area contributed by atoms with Gasteiger partial charge in [0.2, 0.25) is 0 Å². The summed E-state index contributed by atoms with van der Waals surface area (Å²) in [5.74, 6) is -1.08. The van der Waals surface area contributed by atoms with Crippen LogP contribution in [0.3, 0.4) is 0 Å². The highest BCUT2D eigenvalue weighted by atomic mass is 79.9. The summed E-state index contributed by atoms with van der Waals surface area (Å²) in [6.45, 7) is 1.53. The molecule has 0 radical (unpaired) electrons. The standard InChI is InChI=1S/C19H18BrClN2O5/c1-2-27-14-6-3-12(4-7-14)19(26)22-10-18(25)28-11-17(24)23-16-8-5-13(20)9-15(16)21/h3-9H,2,10-11H2,1H3,(H,22,26)(H,23,24). The van der Waals surface area contributed by atoms with Crippen LogP contribution >= 0.6 is 27.5 Å². The van der Waals surface area contributed by atoms with Gasteiger partial charge in [-0.25, -0.2) is 0 Å². The number of halogens is 2. The maximum Gasteiger partial charge on any atom is 0.325 e. The number of rotatable bonds is 8. The molecule has 0 saturated carbocycles. The maximum absolute atomic E-state index is 12.0. The van der Waals surface area contributed by atoms with Gasteiger partial charge in [0, 0.05) is 10.0 Å². The molecule has 0 atom stereocenters. The van der Waals surface area contributed by atoms with Crippen molar-refractivity contribution in [2.45, 2.75) is 6.92 Å². The fourth-order valence-electron chi connectivity index (χ4n) is 2.10. The second kappa shape index (κ2) is 10.7. The Kier molecular flexibility index (Phi) is 8.28. The van der Waals surface area contributed by atoms with Crippen molar-refractivity contribution in [3.05, 3.63) is 57.5 Å². The molecule has 0 aromatic heterocycles. The summed E-state index contributed by atoms with van der Waals surface area (Å²) in [4.78, 5) is 35.6. The molecule has 0 heterocycles. The van der Waals surface area contributed by atoms with Gasteiger partial charge in [0.15, 0.2) is 6.61 Å². The van der Waals surface area contributed by atoms with Crippen LogP contribution in [0.2, 0.25) is 5.02 Å². The summed E-state index contributed by atoms with van der Waals surface area (Å²) < 4.78 is 10.9. The highest BCUT2D eigenvalue weighted by molar-refractivity contribution is 9.10. The molecule has 0 saturated heterocycles. The zero-order chi connectivity index (χ0) is 20.5. The second-order valence-corrected chi connectivity index (χ2v) is 6.80. The average molecular weight is 470 g/mol. The van der Waals surface area contributed by atoms with Crippen molar-refractivity contribution in [2.24, 2.45) is 0 Å². The van der Waals surface area contributed by atoms with Gasteiger partial charge in [-0.15, -0.1) is 0 Å². The normalized spacial score (nSPS) is 10.1. The number of anilines is 1. The van der Waals surface area contributed by atoms with Gasteiger partial charge in [-0.2, -0.15) is 0 Å². The van der Waals surface area contributed by atoms with Gasteiger partial charge in [0.1, 0.15) is 12.3 Å². The molecule has 0 fully saturated rings. The van der Waals surface area contributed by atoms with E-state index in [0.29, 0.717) is 28.6 Å². The average Bonchev–Trinajstić information content (AvgIpc) is 2.67. The number of carbonyl (C=O) groups excluding carboxylic acids is 3. The lowest BCUT2D eigenvalue weighted by Gasteiger charge is -2.09. The maximum atomic E-state index is 12.0. The van der Waals surface area contributed by atoms with E-state index in [0.717, 1.165) is 4.47 Å². The van der Waals surface area contributed by atoms with E-state index in [2.05, 4.69) is 26.6 Å². The summed E-state index contributed by atoms with van der Waals surface area (Å²) in [5.41, 5.74) is 0.772. The third-order valence-corrected chi connectivity index (χ3v) is 4.20. The minimum absolute atomic E-state index is 0.344. The van der Waals surface area contributed by atoms with Gasteiger partial charge in [0.05, 0.1) is 17.3 Å². The van der Waals surface area contributed by atoms with Crippen LogP contribution in [-0.2, 0) is 14.3 Å². The number of benzene rings is 2. The third-order valence-electron chi connectivity index (χ3n) is 3.39. The van der Waals surface area contributed by atoms with Crippen molar-refractivity contribution in [3.8, 4) is 5.75 Å². The minimum Gasteiger partial charge on any atom is -0.494 e. The van der Waals surface area contributed by atoms with Crippen LogP contribution in [0, 0.1) is 0 Å². The lowest BCUT2D eigenvalue weighted by Crippen LogP contribution is -2.32. The van der Waals surface area contributed by atoms with E-state index in [1.807, 2.05) is 6.92 Å². The van der Waals surface area contributed by atoms with Gasteiger partial charge in [0.25, 0.3) is 11.8 Å². The Balaban J connectivity index is 1.74. The highest BCUT2D eigenvalue weighted by Crippen LogP contribution is 2.25. The van der Waals surface area contributed by atoms with E-state index >= 15 is 0 Å². The first kappa shape index (κ1) is 21.7. The van der Waals surface area contributed by atoms with Crippen molar-refractivity contribution < 1.29 is 23.9 Å². The lowest BCUT2D eigenvalue weighted by atomic mass is 10.2. The van der Waals surface area contributed by atoms with Gasteiger partial charge < -0.3 is 20.1 Å². The molecule has 9 heteroatoms. The molecule has 148 valence electrons. The number of hydrogen-bond acceptors (Lipinski definition) is 5. The van der Waals surface area contributed by atoms with Gasteiger partial charge in [-0.1, -0.05) is 27.5 Å². The van der Waals surface area contributed by atoms with Crippen molar-refractivity contribution >= 4 is 51.0 Å². The molecule has 0 bridgehead atoms. The molecular weight excluding hydrogens is 452 g/mol. The number of amides is 2. The molecule has 0 spiro atoms. The molecule has 2 aromatic rings. The van der Waals surface area contributed by atoms with Crippen molar-refractivity contribution in [1.82, 2.24) is 5.32 Å². The fraction of sp³-hybridized carbons (Fsp3) is 0.211. The Morgan fingerprint density at radius 2 is 1.82 bits per heavy atom. The summed E-state index contributed by atoms with van der Waals surface area (Å²) in [6, 6.07) is 11.4. The third kappa shape index (κ3) is 6.86. The Morgan fingerprint density at radius 1 is 1.11 bits per heavy atom. The Hall–Kier alpha value is -2.58. The van der Waals surface area contributed by atoms with Gasteiger partial charge >= 0.3 is 5.97 Å². The molecular formula is C19H18BrClN2O5. The second-order valence-electron chi connectivity index (χ2n) is 5.47. The molecule has 28 heavy (non-hydrogen) atoms. The SMILES string of the molecule is CCOc1ccc(C(=O)NCC(=O)OCC(=O)Nc2ccc(Br)cc2Cl)cc1. The van der Waals surface area contributed by atoms with Crippen LogP contribution in [0.15, 0.2) is 46.9 Å². The van der Waals surface area contributed by atoms with E-state index in [-0.39, 0.29) is 6.54 Å².